The summed E-state index contributed by atoms with van der Waals surface area (Å²) in [7, 11) is 1.80. The first kappa shape index (κ1) is 14.5. The fourth-order valence-electron chi connectivity index (χ4n) is 1.91. The second-order valence-electron chi connectivity index (χ2n) is 4.64. The molecule has 1 unspecified atom stereocenters. The van der Waals surface area contributed by atoms with E-state index in [1.165, 1.54) is 5.56 Å². The van der Waals surface area contributed by atoms with E-state index < -0.39 is 11.6 Å². The molecule has 106 valence electrons. The molecule has 0 bridgehead atoms. The van der Waals surface area contributed by atoms with Gasteiger partial charge in [0, 0.05) is 6.07 Å². The Balaban J connectivity index is 2.07. The first-order valence-corrected chi connectivity index (χ1v) is 6.42. The van der Waals surface area contributed by atoms with Gasteiger partial charge in [0.1, 0.15) is 12.4 Å². The number of halogens is 2. The monoisotopic (exact) mass is 277 g/mol. The van der Waals surface area contributed by atoms with Crippen LogP contribution in [0.1, 0.15) is 17.2 Å². The normalized spacial score (nSPS) is 12.2. The molecule has 0 amide bonds. The second kappa shape index (κ2) is 6.48. The van der Waals surface area contributed by atoms with Gasteiger partial charge in [-0.2, -0.15) is 0 Å². The molecule has 0 spiro atoms. The van der Waals surface area contributed by atoms with Crippen molar-refractivity contribution in [3.63, 3.8) is 0 Å². The highest BCUT2D eigenvalue weighted by Crippen LogP contribution is 2.20. The van der Waals surface area contributed by atoms with Crippen LogP contribution < -0.4 is 10.1 Å². The molecule has 0 aliphatic carbocycles. The SMILES string of the molecule is CNC(COc1cc(F)ccc1F)c1ccc(C)cc1. The highest BCUT2D eigenvalue weighted by Gasteiger charge is 2.12. The zero-order valence-electron chi connectivity index (χ0n) is 11.5. The number of hydrogen-bond donors (Lipinski definition) is 1. The molecule has 0 radical (unpaired) electrons. The summed E-state index contributed by atoms with van der Waals surface area (Å²) in [5, 5.41) is 3.10. The molecule has 2 rings (SSSR count). The fraction of sp³-hybridized carbons (Fsp3) is 0.250. The maximum Gasteiger partial charge on any atom is 0.165 e. The molecule has 0 aromatic heterocycles. The number of ether oxygens (including phenoxy) is 1. The van der Waals surface area contributed by atoms with E-state index in [1.807, 2.05) is 31.2 Å². The Bertz CT molecular complexity index is 569. The molecule has 0 aliphatic rings. The maximum atomic E-state index is 13.5. The van der Waals surface area contributed by atoms with Gasteiger partial charge in [-0.15, -0.1) is 0 Å². The lowest BCUT2D eigenvalue weighted by Gasteiger charge is -2.18. The molecule has 0 heterocycles. The first-order valence-electron chi connectivity index (χ1n) is 6.42. The van der Waals surface area contributed by atoms with Crippen LogP contribution in [0, 0.1) is 18.6 Å². The minimum absolute atomic E-state index is 0.0719. The van der Waals surface area contributed by atoms with E-state index in [1.54, 1.807) is 7.05 Å². The molecular weight excluding hydrogens is 260 g/mol. The quantitative estimate of drug-likeness (QED) is 0.901. The Morgan fingerprint density at radius 1 is 1.10 bits per heavy atom. The standard InChI is InChI=1S/C16H17F2NO/c1-11-3-5-12(6-4-11)15(19-2)10-20-16-9-13(17)7-8-14(16)18/h3-9,15,19H,10H2,1-2H3. The van der Waals surface area contributed by atoms with Crippen molar-refractivity contribution >= 4 is 0 Å². The van der Waals surface area contributed by atoms with Gasteiger partial charge in [0.2, 0.25) is 0 Å². The first-order chi connectivity index (χ1) is 9.60. The Morgan fingerprint density at radius 3 is 2.45 bits per heavy atom. The van der Waals surface area contributed by atoms with E-state index in [4.69, 9.17) is 4.74 Å². The molecule has 4 heteroatoms. The third kappa shape index (κ3) is 3.54. The largest absolute Gasteiger partial charge is 0.488 e. The van der Waals surface area contributed by atoms with Crippen molar-refractivity contribution in [3.8, 4) is 5.75 Å². The summed E-state index contributed by atoms with van der Waals surface area (Å²) >= 11 is 0. The number of nitrogens with one attached hydrogen (secondary N) is 1. The summed E-state index contributed by atoms with van der Waals surface area (Å²) in [6.07, 6.45) is 0. The molecule has 0 aliphatic heterocycles. The van der Waals surface area contributed by atoms with E-state index in [2.05, 4.69) is 5.32 Å². The molecule has 0 saturated carbocycles. The molecule has 2 aromatic rings. The molecular formula is C16H17F2NO. The van der Waals surface area contributed by atoms with Crippen LogP contribution in [0.5, 0.6) is 5.75 Å². The van der Waals surface area contributed by atoms with Gasteiger partial charge in [-0.1, -0.05) is 29.8 Å². The summed E-state index contributed by atoms with van der Waals surface area (Å²) in [6, 6.07) is 11.1. The number of benzene rings is 2. The van der Waals surface area contributed by atoms with Gasteiger partial charge in [-0.3, -0.25) is 0 Å². The minimum atomic E-state index is -0.565. The van der Waals surface area contributed by atoms with Crippen LogP contribution in [0.4, 0.5) is 8.78 Å². The third-order valence-corrected chi connectivity index (χ3v) is 3.13. The molecule has 20 heavy (non-hydrogen) atoms. The zero-order valence-corrected chi connectivity index (χ0v) is 11.5. The van der Waals surface area contributed by atoms with Gasteiger partial charge >= 0.3 is 0 Å². The maximum absolute atomic E-state index is 13.5. The Kier molecular flexibility index (Phi) is 4.69. The fourth-order valence-corrected chi connectivity index (χ4v) is 1.91. The van der Waals surface area contributed by atoms with E-state index in [0.29, 0.717) is 0 Å². The lowest BCUT2D eigenvalue weighted by molar-refractivity contribution is 0.260. The topological polar surface area (TPSA) is 21.3 Å². The van der Waals surface area contributed by atoms with Gasteiger partial charge in [0.05, 0.1) is 6.04 Å². The third-order valence-electron chi connectivity index (χ3n) is 3.13. The van der Waals surface area contributed by atoms with Crippen molar-refractivity contribution in [2.75, 3.05) is 13.7 Å². The van der Waals surface area contributed by atoms with Gasteiger partial charge in [-0.05, 0) is 31.7 Å². The zero-order chi connectivity index (χ0) is 14.5. The van der Waals surface area contributed by atoms with E-state index in [-0.39, 0.29) is 18.4 Å². The van der Waals surface area contributed by atoms with Crippen molar-refractivity contribution in [2.24, 2.45) is 0 Å². The summed E-state index contributed by atoms with van der Waals surface area (Å²) in [4.78, 5) is 0. The number of rotatable bonds is 5. The lowest BCUT2D eigenvalue weighted by Crippen LogP contribution is -2.23. The van der Waals surface area contributed by atoms with Crippen LogP contribution in [0.25, 0.3) is 0 Å². The van der Waals surface area contributed by atoms with Crippen molar-refractivity contribution < 1.29 is 13.5 Å². The summed E-state index contributed by atoms with van der Waals surface area (Å²) in [5.41, 5.74) is 2.20. The van der Waals surface area contributed by atoms with Gasteiger partial charge in [0.25, 0.3) is 0 Å². The second-order valence-corrected chi connectivity index (χ2v) is 4.64. The summed E-state index contributed by atoms with van der Waals surface area (Å²) in [5.74, 6) is -1.15. The smallest absolute Gasteiger partial charge is 0.165 e. The Labute approximate surface area is 117 Å². The van der Waals surface area contributed by atoms with Gasteiger partial charge < -0.3 is 10.1 Å². The average molecular weight is 277 g/mol. The van der Waals surface area contributed by atoms with Crippen LogP contribution in [0.3, 0.4) is 0 Å². The highest BCUT2D eigenvalue weighted by atomic mass is 19.1. The summed E-state index contributed by atoms with van der Waals surface area (Å²) in [6.45, 7) is 2.23. The predicted octanol–water partition coefficient (Wildman–Crippen LogP) is 3.61. The molecule has 1 atom stereocenters. The van der Waals surface area contributed by atoms with Crippen molar-refractivity contribution in [3.05, 3.63) is 65.2 Å². The lowest BCUT2D eigenvalue weighted by atomic mass is 10.1. The van der Waals surface area contributed by atoms with Crippen LogP contribution in [-0.4, -0.2) is 13.7 Å². The van der Waals surface area contributed by atoms with E-state index in [9.17, 15) is 8.78 Å². The predicted molar refractivity (Wildman–Crippen MR) is 74.8 cm³/mol. The molecule has 0 saturated heterocycles. The van der Waals surface area contributed by atoms with Crippen LogP contribution >= 0.6 is 0 Å². The number of aryl methyl sites for hydroxylation is 1. The average Bonchev–Trinajstić information content (AvgIpc) is 2.45. The minimum Gasteiger partial charge on any atom is -0.488 e. The number of likely N-dealkylation sites (N-methyl/N-ethyl adjacent to an activating group) is 1. The summed E-state index contributed by atoms with van der Waals surface area (Å²) < 4.78 is 31.9. The van der Waals surface area contributed by atoms with E-state index in [0.717, 1.165) is 23.8 Å². The van der Waals surface area contributed by atoms with Crippen LogP contribution in [0.15, 0.2) is 42.5 Å². The van der Waals surface area contributed by atoms with E-state index >= 15 is 0 Å². The van der Waals surface area contributed by atoms with Crippen molar-refractivity contribution in [1.29, 1.82) is 0 Å². The van der Waals surface area contributed by atoms with Gasteiger partial charge in [0.15, 0.2) is 11.6 Å². The molecule has 1 N–H and O–H groups in total. The highest BCUT2D eigenvalue weighted by molar-refractivity contribution is 5.27. The molecule has 2 aromatic carbocycles. The Morgan fingerprint density at radius 2 is 1.80 bits per heavy atom. The van der Waals surface area contributed by atoms with Crippen molar-refractivity contribution in [2.45, 2.75) is 13.0 Å². The molecule has 2 nitrogen and oxygen atoms in total. The van der Waals surface area contributed by atoms with Crippen molar-refractivity contribution in [1.82, 2.24) is 5.32 Å². The van der Waals surface area contributed by atoms with Crippen LogP contribution in [0.2, 0.25) is 0 Å². The molecule has 0 fully saturated rings. The van der Waals surface area contributed by atoms with Crippen LogP contribution in [-0.2, 0) is 0 Å². The van der Waals surface area contributed by atoms with Gasteiger partial charge in [-0.25, -0.2) is 8.78 Å². The number of hydrogen-bond acceptors (Lipinski definition) is 2. The Hall–Kier alpha value is -1.94.